The SMILES string of the molecule is COc1ccc(CC(=O)O)cc1-c1ccc(NC(=O)c2ccc(Cl)cc2)cc1CNCCC(=O)OCc1ccccc1. The van der Waals surface area contributed by atoms with Gasteiger partial charge in [-0.3, -0.25) is 14.4 Å². The van der Waals surface area contributed by atoms with Crippen molar-refractivity contribution in [1.29, 1.82) is 0 Å². The summed E-state index contributed by atoms with van der Waals surface area (Å²) in [7, 11) is 1.55. The average molecular weight is 587 g/mol. The van der Waals surface area contributed by atoms with Crippen LogP contribution in [0.25, 0.3) is 11.1 Å². The number of ether oxygens (including phenoxy) is 2. The Morgan fingerprint density at radius 3 is 2.33 bits per heavy atom. The summed E-state index contributed by atoms with van der Waals surface area (Å²) in [6.07, 6.45) is 0.0392. The smallest absolute Gasteiger partial charge is 0.307 e. The van der Waals surface area contributed by atoms with E-state index >= 15 is 0 Å². The minimum absolute atomic E-state index is 0.134. The van der Waals surface area contributed by atoms with Gasteiger partial charge in [0.15, 0.2) is 0 Å². The Kier molecular flexibility index (Phi) is 10.7. The lowest BCUT2D eigenvalue weighted by atomic mass is 9.95. The molecule has 0 aliphatic heterocycles. The van der Waals surface area contributed by atoms with Gasteiger partial charge in [0.25, 0.3) is 5.91 Å². The van der Waals surface area contributed by atoms with Crippen molar-refractivity contribution in [3.63, 3.8) is 0 Å². The molecule has 4 rings (SSSR count). The molecule has 3 N–H and O–H groups in total. The van der Waals surface area contributed by atoms with Crippen LogP contribution in [0, 0.1) is 0 Å². The first kappa shape index (κ1) is 30.3. The highest BCUT2D eigenvalue weighted by molar-refractivity contribution is 6.30. The van der Waals surface area contributed by atoms with Crippen molar-refractivity contribution in [3.8, 4) is 16.9 Å². The van der Waals surface area contributed by atoms with E-state index in [1.807, 2.05) is 42.5 Å². The number of carbonyl (C=O) groups excluding carboxylic acids is 2. The fourth-order valence-corrected chi connectivity index (χ4v) is 4.48. The maximum Gasteiger partial charge on any atom is 0.307 e. The van der Waals surface area contributed by atoms with Gasteiger partial charge in [-0.2, -0.15) is 0 Å². The van der Waals surface area contributed by atoms with Crippen LogP contribution in [-0.4, -0.2) is 36.6 Å². The zero-order valence-electron chi connectivity index (χ0n) is 23.1. The van der Waals surface area contributed by atoms with Gasteiger partial charge < -0.3 is 25.2 Å². The fraction of sp³-hybridized carbons (Fsp3) is 0.182. The molecule has 1 amide bonds. The van der Waals surface area contributed by atoms with E-state index in [0.29, 0.717) is 46.2 Å². The lowest BCUT2D eigenvalue weighted by Gasteiger charge is -2.17. The molecule has 0 saturated heterocycles. The van der Waals surface area contributed by atoms with Gasteiger partial charge in [0, 0.05) is 34.9 Å². The number of nitrogens with one attached hydrogen (secondary N) is 2. The summed E-state index contributed by atoms with van der Waals surface area (Å²) in [5, 5.41) is 16.0. The number of halogens is 1. The number of anilines is 1. The van der Waals surface area contributed by atoms with Crippen LogP contribution in [0.5, 0.6) is 5.75 Å². The van der Waals surface area contributed by atoms with Gasteiger partial charge >= 0.3 is 11.9 Å². The van der Waals surface area contributed by atoms with Crippen molar-refractivity contribution < 1.29 is 29.0 Å². The van der Waals surface area contributed by atoms with Crippen LogP contribution in [0.15, 0.2) is 91.0 Å². The van der Waals surface area contributed by atoms with E-state index in [1.165, 1.54) is 0 Å². The zero-order valence-corrected chi connectivity index (χ0v) is 23.8. The highest BCUT2D eigenvalue weighted by Gasteiger charge is 2.15. The van der Waals surface area contributed by atoms with E-state index in [1.54, 1.807) is 55.6 Å². The molecule has 0 spiro atoms. The van der Waals surface area contributed by atoms with Crippen LogP contribution < -0.4 is 15.4 Å². The lowest BCUT2D eigenvalue weighted by molar-refractivity contribution is -0.144. The monoisotopic (exact) mass is 586 g/mol. The number of benzene rings is 4. The molecule has 0 aliphatic rings. The van der Waals surface area contributed by atoms with Crippen molar-refractivity contribution in [1.82, 2.24) is 5.32 Å². The number of carbonyl (C=O) groups is 3. The maximum absolute atomic E-state index is 12.8. The van der Waals surface area contributed by atoms with E-state index in [9.17, 15) is 19.5 Å². The number of rotatable bonds is 13. The summed E-state index contributed by atoms with van der Waals surface area (Å²) in [4.78, 5) is 36.5. The molecule has 0 unspecified atom stereocenters. The normalized spacial score (nSPS) is 10.6. The molecule has 4 aromatic carbocycles. The van der Waals surface area contributed by atoms with E-state index in [-0.39, 0.29) is 31.3 Å². The third kappa shape index (κ3) is 8.67. The number of carboxylic acid groups (broad SMARTS) is 1. The Balaban J connectivity index is 1.52. The number of hydrogen-bond donors (Lipinski definition) is 3. The molecule has 0 fully saturated rings. The van der Waals surface area contributed by atoms with Gasteiger partial charge in [-0.15, -0.1) is 0 Å². The van der Waals surface area contributed by atoms with Gasteiger partial charge in [0.2, 0.25) is 0 Å². The fourth-order valence-electron chi connectivity index (χ4n) is 4.36. The molecule has 216 valence electrons. The highest BCUT2D eigenvalue weighted by Crippen LogP contribution is 2.35. The Labute approximate surface area is 249 Å². The summed E-state index contributed by atoms with van der Waals surface area (Å²) in [5.41, 5.74) is 4.89. The van der Waals surface area contributed by atoms with Crippen LogP contribution in [0.2, 0.25) is 5.02 Å². The zero-order chi connectivity index (χ0) is 29.9. The number of esters is 1. The molecular weight excluding hydrogens is 556 g/mol. The maximum atomic E-state index is 12.8. The van der Waals surface area contributed by atoms with Gasteiger partial charge in [-0.25, -0.2) is 0 Å². The standard InChI is InChI=1S/C33H31ClN2O6/c1-41-30-14-7-23(18-31(37)38)17-29(30)28-13-12-27(36-33(40)24-8-10-26(34)11-9-24)19-25(28)20-35-16-15-32(39)42-21-22-5-3-2-4-6-22/h2-14,17,19,35H,15-16,18,20-21H2,1H3,(H,36,40)(H,37,38). The number of aliphatic carboxylic acids is 1. The molecule has 0 saturated carbocycles. The molecule has 4 aromatic rings. The molecule has 0 bridgehead atoms. The van der Waals surface area contributed by atoms with Crippen LogP contribution in [0.3, 0.4) is 0 Å². The van der Waals surface area contributed by atoms with Crippen molar-refractivity contribution in [2.24, 2.45) is 0 Å². The summed E-state index contributed by atoms with van der Waals surface area (Å²) in [6.45, 7) is 0.939. The van der Waals surface area contributed by atoms with Crippen LogP contribution >= 0.6 is 11.6 Å². The molecular formula is C33H31ClN2O6. The Bertz CT molecular complexity index is 1540. The highest BCUT2D eigenvalue weighted by atomic mass is 35.5. The summed E-state index contributed by atoms with van der Waals surface area (Å²) < 4.78 is 10.9. The summed E-state index contributed by atoms with van der Waals surface area (Å²) in [6, 6.07) is 26.8. The average Bonchev–Trinajstić information content (AvgIpc) is 2.99. The minimum atomic E-state index is -0.938. The van der Waals surface area contributed by atoms with Gasteiger partial charge in [0.1, 0.15) is 12.4 Å². The Morgan fingerprint density at radius 2 is 1.62 bits per heavy atom. The number of methoxy groups -OCH3 is 1. The van der Waals surface area contributed by atoms with Gasteiger partial charge in [-0.05, 0) is 70.8 Å². The van der Waals surface area contributed by atoms with Crippen molar-refractivity contribution in [2.75, 3.05) is 19.0 Å². The first-order valence-electron chi connectivity index (χ1n) is 13.3. The van der Waals surface area contributed by atoms with E-state index < -0.39 is 5.97 Å². The second-order valence-corrected chi connectivity index (χ2v) is 9.95. The second-order valence-electron chi connectivity index (χ2n) is 9.51. The topological polar surface area (TPSA) is 114 Å². The molecule has 8 nitrogen and oxygen atoms in total. The largest absolute Gasteiger partial charge is 0.496 e. The number of carboxylic acids is 1. The van der Waals surface area contributed by atoms with Crippen LogP contribution in [0.4, 0.5) is 5.69 Å². The molecule has 0 heterocycles. The Morgan fingerprint density at radius 1 is 0.857 bits per heavy atom. The lowest BCUT2D eigenvalue weighted by Crippen LogP contribution is -2.20. The van der Waals surface area contributed by atoms with E-state index in [2.05, 4.69) is 10.6 Å². The Hall–Kier alpha value is -4.66. The first-order valence-corrected chi connectivity index (χ1v) is 13.7. The van der Waals surface area contributed by atoms with Crippen LogP contribution in [-0.2, 0) is 33.9 Å². The summed E-state index contributed by atoms with van der Waals surface area (Å²) >= 11 is 5.95. The molecule has 0 radical (unpaired) electrons. The third-order valence-electron chi connectivity index (χ3n) is 6.44. The van der Waals surface area contributed by atoms with Crippen molar-refractivity contribution >= 4 is 35.1 Å². The van der Waals surface area contributed by atoms with Crippen molar-refractivity contribution in [2.45, 2.75) is 26.0 Å². The predicted octanol–water partition coefficient (Wildman–Crippen LogP) is 6.12. The van der Waals surface area contributed by atoms with Gasteiger partial charge in [-0.1, -0.05) is 54.1 Å². The van der Waals surface area contributed by atoms with E-state index in [4.69, 9.17) is 21.1 Å². The first-order chi connectivity index (χ1) is 20.3. The van der Waals surface area contributed by atoms with Crippen LogP contribution in [0.1, 0.15) is 33.5 Å². The predicted molar refractivity (Wildman–Crippen MR) is 162 cm³/mol. The quantitative estimate of drug-likeness (QED) is 0.128. The number of hydrogen-bond acceptors (Lipinski definition) is 6. The van der Waals surface area contributed by atoms with Crippen molar-refractivity contribution in [3.05, 3.63) is 118 Å². The molecule has 9 heteroatoms. The van der Waals surface area contributed by atoms with E-state index in [0.717, 1.165) is 16.7 Å². The molecule has 0 atom stereocenters. The summed E-state index contributed by atoms with van der Waals surface area (Å²) in [5.74, 6) is -0.973. The second kappa shape index (κ2) is 14.8. The molecule has 42 heavy (non-hydrogen) atoms. The number of amides is 1. The molecule has 0 aromatic heterocycles. The minimum Gasteiger partial charge on any atom is -0.496 e. The third-order valence-corrected chi connectivity index (χ3v) is 6.69. The van der Waals surface area contributed by atoms with Gasteiger partial charge in [0.05, 0.1) is 20.0 Å². The molecule has 0 aliphatic carbocycles.